The molecular formula is C28H36N4O8S2. The number of carbonyl (C=O) groups is 4. The molecule has 0 bridgehead atoms. The number of piperidine rings is 2. The Balaban J connectivity index is 0.000000168. The highest BCUT2D eigenvalue weighted by Gasteiger charge is 2.34. The summed E-state index contributed by atoms with van der Waals surface area (Å²) in [4.78, 5) is 59.7. The lowest BCUT2D eigenvalue weighted by Crippen LogP contribution is -2.47. The zero-order valence-electron chi connectivity index (χ0n) is 23.8. The van der Waals surface area contributed by atoms with Gasteiger partial charge in [-0.25, -0.2) is 19.6 Å². The minimum absolute atomic E-state index is 0.0618. The predicted molar refractivity (Wildman–Crippen MR) is 153 cm³/mol. The Morgan fingerprint density at radius 3 is 1.33 bits per heavy atom. The number of thiazole rings is 2. The van der Waals surface area contributed by atoms with Crippen molar-refractivity contribution in [3.8, 4) is 0 Å². The summed E-state index contributed by atoms with van der Waals surface area (Å²) < 4.78 is 19.5. The Kier molecular flexibility index (Phi) is 10.2. The van der Waals surface area contributed by atoms with Crippen molar-refractivity contribution in [1.82, 2.24) is 19.8 Å². The molecular weight excluding hydrogens is 584 g/mol. The summed E-state index contributed by atoms with van der Waals surface area (Å²) in [5.74, 6) is 0.426. The first kappa shape index (κ1) is 30.5. The molecule has 42 heavy (non-hydrogen) atoms. The van der Waals surface area contributed by atoms with Crippen LogP contribution in [0, 0.1) is 11.8 Å². The van der Waals surface area contributed by atoms with E-state index in [1.54, 1.807) is 0 Å². The SMILES string of the molecule is COC(=O)c1nc(C2CCN(C(=O)C3COC3)CC2)cs1.COC(=O)c1nc(C2CCN(C(=O)C3COC3)CC2)cs1. The van der Waals surface area contributed by atoms with Crippen molar-refractivity contribution in [2.24, 2.45) is 11.8 Å². The Hall–Kier alpha value is -2.94. The molecule has 2 amide bonds. The lowest BCUT2D eigenvalue weighted by Gasteiger charge is -2.36. The fourth-order valence-electron chi connectivity index (χ4n) is 5.37. The van der Waals surface area contributed by atoms with Crippen LogP contribution in [-0.2, 0) is 28.5 Å². The van der Waals surface area contributed by atoms with Crippen molar-refractivity contribution in [3.63, 3.8) is 0 Å². The zero-order valence-corrected chi connectivity index (χ0v) is 25.5. The van der Waals surface area contributed by atoms with Crippen LogP contribution in [0.25, 0.3) is 0 Å². The molecule has 2 aromatic rings. The Morgan fingerprint density at radius 2 is 1.05 bits per heavy atom. The molecule has 4 saturated heterocycles. The highest BCUT2D eigenvalue weighted by molar-refractivity contribution is 7.12. The average Bonchev–Trinajstić information content (AvgIpc) is 3.66. The highest BCUT2D eigenvalue weighted by Crippen LogP contribution is 2.31. The quantitative estimate of drug-likeness (QED) is 0.443. The molecule has 0 aliphatic carbocycles. The predicted octanol–water partition coefficient (Wildman–Crippen LogP) is 2.56. The topological polar surface area (TPSA) is 137 Å². The van der Waals surface area contributed by atoms with Gasteiger partial charge in [0.1, 0.15) is 0 Å². The second-order valence-corrected chi connectivity index (χ2v) is 12.5. The molecule has 4 aliphatic rings. The zero-order chi connectivity index (χ0) is 29.6. The lowest BCUT2D eigenvalue weighted by atomic mass is 9.93. The van der Waals surface area contributed by atoms with E-state index in [9.17, 15) is 19.2 Å². The molecule has 4 aliphatic heterocycles. The Bertz CT molecular complexity index is 1160. The van der Waals surface area contributed by atoms with Crippen LogP contribution in [0.1, 0.15) is 68.5 Å². The number of nitrogens with zero attached hydrogens (tertiary/aromatic N) is 4. The maximum absolute atomic E-state index is 12.1. The monoisotopic (exact) mass is 620 g/mol. The van der Waals surface area contributed by atoms with Gasteiger partial charge in [0.25, 0.3) is 0 Å². The first-order chi connectivity index (χ1) is 20.4. The molecule has 228 valence electrons. The molecule has 6 rings (SSSR count). The van der Waals surface area contributed by atoms with Gasteiger partial charge in [-0.2, -0.15) is 0 Å². The third kappa shape index (κ3) is 6.99. The molecule has 0 unspecified atom stereocenters. The van der Waals surface area contributed by atoms with Gasteiger partial charge in [0.2, 0.25) is 21.8 Å². The lowest BCUT2D eigenvalue weighted by molar-refractivity contribution is -0.151. The molecule has 6 heterocycles. The second-order valence-electron chi connectivity index (χ2n) is 10.8. The summed E-state index contributed by atoms with van der Waals surface area (Å²) >= 11 is 2.64. The molecule has 0 saturated carbocycles. The summed E-state index contributed by atoms with van der Waals surface area (Å²) in [6.45, 7) is 5.27. The van der Waals surface area contributed by atoms with Crippen molar-refractivity contribution in [1.29, 1.82) is 0 Å². The van der Waals surface area contributed by atoms with E-state index >= 15 is 0 Å². The summed E-state index contributed by atoms with van der Waals surface area (Å²) in [5, 5.41) is 4.65. The number of hydrogen-bond donors (Lipinski definition) is 0. The summed E-state index contributed by atoms with van der Waals surface area (Å²) in [6.07, 6.45) is 3.57. The van der Waals surface area contributed by atoms with E-state index < -0.39 is 0 Å². The average molecular weight is 621 g/mol. The molecule has 0 aromatic carbocycles. The largest absolute Gasteiger partial charge is 0.464 e. The van der Waals surface area contributed by atoms with Crippen LogP contribution in [0.5, 0.6) is 0 Å². The van der Waals surface area contributed by atoms with E-state index in [1.807, 2.05) is 20.6 Å². The fourth-order valence-corrected chi connectivity index (χ4v) is 7.00. The summed E-state index contributed by atoms with van der Waals surface area (Å²) in [5.41, 5.74) is 1.89. The van der Waals surface area contributed by atoms with Crippen LogP contribution in [0.4, 0.5) is 0 Å². The number of carbonyl (C=O) groups excluding carboxylic acids is 4. The minimum Gasteiger partial charge on any atom is -0.464 e. The van der Waals surface area contributed by atoms with Crippen LogP contribution in [0.3, 0.4) is 0 Å². The van der Waals surface area contributed by atoms with Crippen molar-refractivity contribution < 1.29 is 38.1 Å². The number of amides is 2. The number of likely N-dealkylation sites (tertiary alicyclic amines) is 2. The normalized spacial score (nSPS) is 20.1. The number of ether oxygens (including phenoxy) is 4. The molecule has 0 N–H and O–H groups in total. The number of aromatic nitrogens is 2. The Morgan fingerprint density at radius 1 is 0.690 bits per heavy atom. The number of rotatable bonds is 6. The van der Waals surface area contributed by atoms with Gasteiger partial charge in [-0.1, -0.05) is 0 Å². The van der Waals surface area contributed by atoms with E-state index in [-0.39, 0.29) is 35.6 Å². The summed E-state index contributed by atoms with van der Waals surface area (Å²) in [7, 11) is 2.72. The van der Waals surface area contributed by atoms with Gasteiger partial charge < -0.3 is 28.7 Å². The molecule has 0 atom stereocenters. The van der Waals surface area contributed by atoms with Crippen LogP contribution in [0.2, 0.25) is 0 Å². The number of esters is 2. The summed E-state index contributed by atoms with van der Waals surface area (Å²) in [6, 6.07) is 0. The van der Waals surface area contributed by atoms with Crippen molar-refractivity contribution in [3.05, 3.63) is 32.2 Å². The van der Waals surface area contributed by atoms with E-state index in [4.69, 9.17) is 9.47 Å². The maximum Gasteiger partial charge on any atom is 0.367 e. The second kappa shape index (κ2) is 14.0. The van der Waals surface area contributed by atoms with Gasteiger partial charge in [-0.15, -0.1) is 22.7 Å². The fraction of sp³-hybridized carbons (Fsp3) is 0.643. The minimum atomic E-state index is -0.385. The van der Waals surface area contributed by atoms with E-state index in [1.165, 1.54) is 36.9 Å². The first-order valence-corrected chi connectivity index (χ1v) is 15.9. The van der Waals surface area contributed by atoms with E-state index in [2.05, 4.69) is 19.4 Å². The number of hydrogen-bond acceptors (Lipinski definition) is 12. The van der Waals surface area contributed by atoms with Crippen LogP contribution in [0.15, 0.2) is 10.8 Å². The van der Waals surface area contributed by atoms with Gasteiger partial charge in [0, 0.05) is 48.8 Å². The van der Waals surface area contributed by atoms with Gasteiger partial charge in [0.15, 0.2) is 0 Å². The van der Waals surface area contributed by atoms with Gasteiger partial charge in [-0.3, -0.25) is 9.59 Å². The Labute approximate surface area is 252 Å². The number of methoxy groups -OCH3 is 2. The van der Waals surface area contributed by atoms with E-state index in [0.717, 1.165) is 63.3 Å². The highest BCUT2D eigenvalue weighted by atomic mass is 32.1. The standard InChI is InChI=1S/2C14H18N2O4S/c2*1-19-14(18)12-15-11(8-21-12)9-2-4-16(5-3-9)13(17)10-6-20-7-10/h2*8-10H,2-7H2,1H3. The molecule has 0 radical (unpaired) electrons. The van der Waals surface area contributed by atoms with Crippen LogP contribution >= 0.6 is 22.7 Å². The third-order valence-corrected chi connectivity index (χ3v) is 9.87. The van der Waals surface area contributed by atoms with E-state index in [0.29, 0.717) is 48.3 Å². The van der Waals surface area contributed by atoms with Gasteiger partial charge in [-0.05, 0) is 25.7 Å². The van der Waals surface area contributed by atoms with Gasteiger partial charge >= 0.3 is 11.9 Å². The third-order valence-electron chi connectivity index (χ3n) is 8.19. The molecule has 0 spiro atoms. The van der Waals surface area contributed by atoms with Crippen LogP contribution in [-0.4, -0.2) is 110 Å². The van der Waals surface area contributed by atoms with Crippen molar-refractivity contribution >= 4 is 46.4 Å². The van der Waals surface area contributed by atoms with Crippen LogP contribution < -0.4 is 0 Å². The molecule has 4 fully saturated rings. The molecule has 2 aromatic heterocycles. The van der Waals surface area contributed by atoms with Gasteiger partial charge in [0.05, 0.1) is 63.9 Å². The smallest absolute Gasteiger partial charge is 0.367 e. The molecule has 14 heteroatoms. The maximum atomic E-state index is 12.1. The molecule has 12 nitrogen and oxygen atoms in total. The van der Waals surface area contributed by atoms with Crippen molar-refractivity contribution in [2.75, 3.05) is 66.8 Å². The first-order valence-electron chi connectivity index (χ1n) is 14.2. The van der Waals surface area contributed by atoms with Crippen molar-refractivity contribution in [2.45, 2.75) is 37.5 Å².